The summed E-state index contributed by atoms with van der Waals surface area (Å²) in [5, 5.41) is 0. The van der Waals surface area contributed by atoms with E-state index in [-0.39, 0.29) is 23.2 Å². The molecule has 0 aromatic heterocycles. The molecule has 0 aliphatic carbocycles. The van der Waals surface area contributed by atoms with Crippen LogP contribution in [0.5, 0.6) is 0 Å². The molecule has 2 N–H and O–H groups in total. The first-order valence-electron chi connectivity index (χ1n) is 1.13. The Morgan fingerprint density at radius 2 is 0.600 bits per heavy atom. The Labute approximate surface area is 63.8 Å². The van der Waals surface area contributed by atoms with Crippen LogP contribution < -0.4 is 0 Å². The van der Waals surface area contributed by atoms with Crippen LogP contribution in [0.15, 0.2) is 0 Å². The van der Waals surface area contributed by atoms with Gasteiger partial charge < -0.3 is 32.5 Å². The summed E-state index contributed by atoms with van der Waals surface area (Å²) in [7, 11) is 0. The summed E-state index contributed by atoms with van der Waals surface area (Å²) in [5.74, 6) is 0. The Bertz CT molecular complexity index is 31.2. The van der Waals surface area contributed by atoms with Crippen molar-refractivity contribution in [1.82, 2.24) is 0 Å². The zero-order valence-corrected chi connectivity index (χ0v) is 5.09. The third kappa shape index (κ3) is 114000. The van der Waals surface area contributed by atoms with E-state index < -0.39 is 13.4 Å². The van der Waals surface area contributed by atoms with Crippen LogP contribution in [0.1, 0.15) is 0 Å². The van der Waals surface area contributed by atoms with E-state index in [9.17, 15) is 26.3 Å². The van der Waals surface area contributed by atoms with Gasteiger partial charge >= 0.3 is 0 Å². The van der Waals surface area contributed by atoms with Gasteiger partial charge in [0, 0.05) is 17.1 Å². The summed E-state index contributed by atoms with van der Waals surface area (Å²) in [6.07, 6.45) is 0. The van der Waals surface area contributed by atoms with E-state index in [1.165, 1.54) is 0 Å². The van der Waals surface area contributed by atoms with Crippen molar-refractivity contribution in [3.63, 3.8) is 0 Å². The Balaban J connectivity index is -0.0000000300. The fourth-order valence-corrected chi connectivity index (χ4v) is 0. The molecule has 1 nitrogen and oxygen atoms in total. The smallest absolute Gasteiger partial charge is 0.154 e. The minimum Gasteiger partial charge on any atom is -0.693 e. The minimum absolute atomic E-state index is 0. The first-order valence-corrected chi connectivity index (χ1v) is 1.13. The van der Waals surface area contributed by atoms with Crippen LogP contribution in [0.25, 0.3) is 6.15 Å². The number of hydrogen-bond donors (Lipinski definition) is 0. The van der Waals surface area contributed by atoms with Gasteiger partial charge in [0.15, 0.2) is 13.4 Å². The summed E-state index contributed by atoms with van der Waals surface area (Å²) >= 11 is 0. The van der Waals surface area contributed by atoms with Crippen LogP contribution >= 0.6 is 0 Å². The maximum atomic E-state index is 9.58. The standard InChI is InChI=1S/2CF3.Cu.H2N/c2*2-1(3)4;;/h;;;1H2/q2*-1;;-1. The Hall–Kier alpha value is 0.0595. The van der Waals surface area contributed by atoms with Gasteiger partial charge in [-0.25, -0.2) is 0 Å². The average molecular weight is 218 g/mol. The number of halogens is 6. The van der Waals surface area contributed by atoms with Crippen molar-refractivity contribution in [2.75, 3.05) is 0 Å². The molecule has 0 saturated carbocycles. The van der Waals surface area contributed by atoms with Crippen LogP contribution in [0.2, 0.25) is 0 Å². The van der Waals surface area contributed by atoms with Crippen molar-refractivity contribution in [1.29, 1.82) is 0 Å². The van der Waals surface area contributed by atoms with Gasteiger partial charge in [-0.1, -0.05) is 0 Å². The van der Waals surface area contributed by atoms with Gasteiger partial charge in [-0.15, -0.1) is 0 Å². The van der Waals surface area contributed by atoms with Gasteiger partial charge in [-0.05, 0) is 0 Å². The van der Waals surface area contributed by atoms with Gasteiger partial charge in [0.05, 0.1) is 0 Å². The maximum Gasteiger partial charge on any atom is 0.154 e. The molecule has 0 saturated heterocycles. The largest absolute Gasteiger partial charge is 0.693 e. The molecular weight excluding hydrogens is 216 g/mol. The van der Waals surface area contributed by atoms with Crippen LogP contribution in [-0.2, 0) is 17.1 Å². The molecule has 0 bridgehead atoms. The first-order chi connectivity index (χ1) is 3.46. The normalized spacial score (nSPS) is 7.20. The van der Waals surface area contributed by atoms with Crippen molar-refractivity contribution in [2.24, 2.45) is 0 Å². The van der Waals surface area contributed by atoms with Crippen molar-refractivity contribution in [3.8, 4) is 0 Å². The fraction of sp³-hybridized carbons (Fsp3) is 0. The topological polar surface area (TPSA) is 33.5 Å². The minimum atomic E-state index is -3.08. The SMILES string of the molecule is F[C-](F)F.F[C-](F)F.[Cu].[NH2-]. The molecule has 0 amide bonds. The molecule has 0 rings (SSSR count). The van der Waals surface area contributed by atoms with Crippen LogP contribution in [0.3, 0.4) is 0 Å². The number of rotatable bonds is 0. The van der Waals surface area contributed by atoms with E-state index in [0.717, 1.165) is 0 Å². The Morgan fingerprint density at radius 3 is 0.600 bits per heavy atom. The summed E-state index contributed by atoms with van der Waals surface area (Å²) < 4.78 is 57.5. The van der Waals surface area contributed by atoms with E-state index in [4.69, 9.17) is 0 Å². The van der Waals surface area contributed by atoms with Crippen molar-refractivity contribution >= 4 is 0 Å². The van der Waals surface area contributed by atoms with E-state index in [1.54, 1.807) is 0 Å². The molecule has 0 spiro atoms. The fourth-order valence-electron chi connectivity index (χ4n) is 0. The van der Waals surface area contributed by atoms with E-state index >= 15 is 0 Å². The van der Waals surface area contributed by atoms with Gasteiger partial charge in [0.2, 0.25) is 0 Å². The zero-order valence-electron chi connectivity index (χ0n) is 4.15. The maximum absolute atomic E-state index is 9.58. The zero-order chi connectivity index (χ0) is 7.15. The number of hydrogen-bond acceptors (Lipinski definition) is 0. The van der Waals surface area contributed by atoms with E-state index in [1.807, 2.05) is 0 Å². The molecule has 1 radical (unpaired) electrons. The second-order valence-electron chi connectivity index (χ2n) is 0.429. The van der Waals surface area contributed by atoms with Gasteiger partial charge in [0.25, 0.3) is 0 Å². The van der Waals surface area contributed by atoms with Crippen molar-refractivity contribution in [3.05, 3.63) is 19.5 Å². The van der Waals surface area contributed by atoms with E-state index in [0.29, 0.717) is 0 Å². The van der Waals surface area contributed by atoms with Crippen LogP contribution in [0.4, 0.5) is 26.3 Å². The van der Waals surface area contributed by atoms with Crippen molar-refractivity contribution < 1.29 is 43.4 Å². The molecule has 8 heteroatoms. The Morgan fingerprint density at radius 1 is 0.600 bits per heavy atom. The summed E-state index contributed by atoms with van der Waals surface area (Å²) in [6, 6.07) is 0. The molecule has 0 heterocycles. The van der Waals surface area contributed by atoms with Crippen LogP contribution in [0, 0.1) is 13.4 Å². The summed E-state index contributed by atoms with van der Waals surface area (Å²) in [6.45, 7) is -6.17. The molecule has 0 aromatic rings. The van der Waals surface area contributed by atoms with Gasteiger partial charge in [-0.2, -0.15) is 0 Å². The summed E-state index contributed by atoms with van der Waals surface area (Å²) in [5.41, 5.74) is 0. The summed E-state index contributed by atoms with van der Waals surface area (Å²) in [4.78, 5) is 0. The molecule has 0 atom stereocenters. The molecule has 0 fully saturated rings. The third-order valence-corrected chi connectivity index (χ3v) is 0. The van der Waals surface area contributed by atoms with Gasteiger partial charge in [-0.3, -0.25) is 0 Å². The molecule has 0 aliphatic heterocycles. The van der Waals surface area contributed by atoms with Gasteiger partial charge in [0.1, 0.15) is 0 Å². The van der Waals surface area contributed by atoms with E-state index in [2.05, 4.69) is 0 Å². The van der Waals surface area contributed by atoms with Crippen LogP contribution in [-0.4, -0.2) is 0 Å². The molecule has 71 valence electrons. The first kappa shape index (κ1) is 22.5. The second kappa shape index (κ2) is 16.0. The molecule has 0 aliphatic rings. The predicted octanol–water partition coefficient (Wildman–Crippen LogP) is 3.40. The second-order valence-corrected chi connectivity index (χ2v) is 0.429. The predicted molar refractivity (Wildman–Crippen MR) is 18.4 cm³/mol. The number of nitrogens with two attached hydrogens (primary N) is 1. The molecule has 0 aromatic carbocycles. The molecule has 10 heavy (non-hydrogen) atoms. The average Bonchev–Trinajstić information content (AvgIpc) is 1.25. The quantitative estimate of drug-likeness (QED) is 0.339. The molecule has 0 unspecified atom stereocenters. The molecular formula is C2H2CuF6N-3. The monoisotopic (exact) mass is 217 g/mol. The Kier molecular flexibility index (Phi) is 36.0. The third-order valence-electron chi connectivity index (χ3n) is 0. The van der Waals surface area contributed by atoms with Crippen molar-refractivity contribution in [2.45, 2.75) is 0 Å².